The molecule has 6 nitrogen and oxygen atoms in total. The summed E-state index contributed by atoms with van der Waals surface area (Å²) >= 11 is 1.19. The van der Waals surface area contributed by atoms with Gasteiger partial charge in [0.25, 0.3) is 5.91 Å². The monoisotopic (exact) mass is 563 g/mol. The number of nitrogens with zero attached hydrogens (tertiary/aromatic N) is 2. The van der Waals surface area contributed by atoms with Gasteiger partial charge in [0.05, 0.1) is 10.4 Å². The number of ether oxygens (including phenoxy) is 1. The first-order valence-electron chi connectivity index (χ1n) is 13.4. The summed E-state index contributed by atoms with van der Waals surface area (Å²) in [5.41, 5.74) is 1.41. The number of carbonyl (C=O) groups excluding carboxylic acids is 2. The Kier molecular flexibility index (Phi) is 7.40. The van der Waals surface area contributed by atoms with Gasteiger partial charge in [-0.2, -0.15) is 5.26 Å². The topological polar surface area (TPSA) is 82.4 Å². The van der Waals surface area contributed by atoms with E-state index in [4.69, 9.17) is 10.00 Å². The number of carbonyl (C=O) groups is 2. The minimum Gasteiger partial charge on any atom is -0.444 e. The highest BCUT2D eigenvalue weighted by Crippen LogP contribution is 2.44. The molecule has 2 atom stereocenters. The molecule has 2 aliphatic heterocycles. The Labute approximate surface area is 236 Å². The van der Waals surface area contributed by atoms with Gasteiger partial charge >= 0.3 is 6.09 Å². The Hall–Kier alpha value is -3.77. The molecule has 0 saturated carbocycles. The number of piperidine rings is 1. The number of halogens is 2. The number of hydrogen-bond donors (Lipinski definition) is 1. The maximum Gasteiger partial charge on any atom is 0.407 e. The molecule has 3 aromatic rings. The number of hydrogen-bond acceptors (Lipinski definition) is 5. The summed E-state index contributed by atoms with van der Waals surface area (Å²) in [6.45, 7) is 7.24. The summed E-state index contributed by atoms with van der Waals surface area (Å²) in [5.74, 6) is -1.25. The second-order valence-corrected chi connectivity index (χ2v) is 12.6. The predicted octanol–water partition coefficient (Wildman–Crippen LogP) is 7.20. The third kappa shape index (κ3) is 5.59. The van der Waals surface area contributed by atoms with Crippen molar-refractivity contribution in [1.29, 1.82) is 5.26 Å². The summed E-state index contributed by atoms with van der Waals surface area (Å²) in [6, 6.07) is 12.5. The number of alkyl carbamates (subject to hydrolysis) is 1. The van der Waals surface area contributed by atoms with E-state index in [1.807, 2.05) is 31.7 Å². The van der Waals surface area contributed by atoms with Crippen molar-refractivity contribution in [3.05, 3.63) is 70.1 Å². The molecule has 3 heterocycles. The van der Waals surface area contributed by atoms with E-state index in [0.717, 1.165) is 18.4 Å². The lowest BCUT2D eigenvalue weighted by molar-refractivity contribution is 0.0419. The first kappa shape index (κ1) is 27.8. The highest BCUT2D eigenvalue weighted by molar-refractivity contribution is 7.18. The lowest BCUT2D eigenvalue weighted by Gasteiger charge is -2.39. The number of aryl methyl sites for hydroxylation is 1. The molecule has 2 saturated heterocycles. The van der Waals surface area contributed by atoms with Crippen LogP contribution in [0.2, 0.25) is 0 Å². The van der Waals surface area contributed by atoms with E-state index in [2.05, 4.69) is 5.32 Å². The zero-order valence-electron chi connectivity index (χ0n) is 22.9. The van der Waals surface area contributed by atoms with Crippen molar-refractivity contribution in [1.82, 2.24) is 10.2 Å². The van der Waals surface area contributed by atoms with Crippen molar-refractivity contribution in [3.63, 3.8) is 0 Å². The molecule has 2 fully saturated rings. The van der Waals surface area contributed by atoms with Crippen molar-refractivity contribution in [3.8, 4) is 27.6 Å². The lowest BCUT2D eigenvalue weighted by atomic mass is 9.96. The molecule has 2 amide bonds. The quantitative estimate of drug-likeness (QED) is 0.364. The molecular weight excluding hydrogens is 532 g/mol. The molecule has 40 heavy (non-hydrogen) atoms. The van der Waals surface area contributed by atoms with Gasteiger partial charge in [-0.15, -0.1) is 11.3 Å². The van der Waals surface area contributed by atoms with E-state index in [9.17, 15) is 14.0 Å². The standard InChI is InChI=1S/C31H31F2N3O3S/c1-17-5-10-23(26(33)11-17)28-24(18-6-7-19(16-34)25(32)12-18)15-27(40-28)29(37)36-21-8-9-22(36)14-20(13-21)35-30(38)39-31(2,3)4/h5-7,10-12,15,20-22H,8-9,13-14H2,1-4H3,(H,35,38). The Morgan fingerprint density at radius 3 is 2.33 bits per heavy atom. The minimum atomic E-state index is -0.674. The molecule has 0 spiro atoms. The summed E-state index contributed by atoms with van der Waals surface area (Å²) in [4.78, 5) is 29.1. The van der Waals surface area contributed by atoms with Crippen molar-refractivity contribution >= 4 is 23.3 Å². The summed E-state index contributed by atoms with van der Waals surface area (Å²) in [7, 11) is 0. The molecule has 1 N–H and O–H groups in total. The van der Waals surface area contributed by atoms with Crippen LogP contribution in [0.3, 0.4) is 0 Å². The van der Waals surface area contributed by atoms with Crippen molar-refractivity contribution < 1.29 is 23.1 Å². The van der Waals surface area contributed by atoms with E-state index in [0.29, 0.717) is 39.3 Å². The van der Waals surface area contributed by atoms with E-state index in [1.165, 1.54) is 29.5 Å². The van der Waals surface area contributed by atoms with Crippen LogP contribution in [0.25, 0.3) is 21.6 Å². The molecule has 0 radical (unpaired) electrons. The maximum atomic E-state index is 15.1. The SMILES string of the molecule is Cc1ccc(-c2sc(C(=O)N3C4CCC3CC(NC(=O)OC(C)(C)C)C4)cc2-c2ccc(C#N)c(F)c2)c(F)c1. The van der Waals surface area contributed by atoms with Crippen LogP contribution in [0.5, 0.6) is 0 Å². The maximum absolute atomic E-state index is 15.1. The van der Waals surface area contributed by atoms with E-state index in [1.54, 1.807) is 31.2 Å². The summed E-state index contributed by atoms with van der Waals surface area (Å²) in [5, 5.41) is 12.1. The van der Waals surface area contributed by atoms with Gasteiger partial charge in [-0.3, -0.25) is 4.79 Å². The molecule has 9 heteroatoms. The van der Waals surface area contributed by atoms with Crippen LogP contribution in [-0.4, -0.2) is 40.6 Å². The van der Waals surface area contributed by atoms with Crippen molar-refractivity contribution in [2.75, 3.05) is 0 Å². The lowest BCUT2D eigenvalue weighted by Crippen LogP contribution is -2.52. The molecule has 2 bridgehead atoms. The van der Waals surface area contributed by atoms with Crippen LogP contribution in [0.4, 0.5) is 13.6 Å². The van der Waals surface area contributed by atoms with Crippen molar-refractivity contribution in [2.45, 2.75) is 77.1 Å². The molecule has 2 aliphatic rings. The van der Waals surface area contributed by atoms with Gasteiger partial charge in [0.15, 0.2) is 0 Å². The number of fused-ring (bicyclic) bond motifs is 2. The van der Waals surface area contributed by atoms with Gasteiger partial charge in [-0.25, -0.2) is 13.6 Å². The average Bonchev–Trinajstić information content (AvgIpc) is 3.41. The van der Waals surface area contributed by atoms with E-state index in [-0.39, 0.29) is 29.6 Å². The third-order valence-electron chi connectivity index (χ3n) is 7.40. The molecule has 2 unspecified atom stereocenters. The fourth-order valence-corrected chi connectivity index (χ4v) is 6.87. The van der Waals surface area contributed by atoms with Crippen LogP contribution in [0.15, 0.2) is 42.5 Å². The predicted molar refractivity (Wildman–Crippen MR) is 150 cm³/mol. The Bertz CT molecular complexity index is 1510. The summed E-state index contributed by atoms with van der Waals surface area (Å²) < 4.78 is 35.1. The molecule has 5 rings (SSSR count). The molecule has 208 valence electrons. The number of benzene rings is 2. The van der Waals surface area contributed by atoms with Gasteiger partial charge < -0.3 is 15.0 Å². The summed E-state index contributed by atoms with van der Waals surface area (Å²) in [6.07, 6.45) is 2.46. The van der Waals surface area contributed by atoms with Gasteiger partial charge in [0.1, 0.15) is 23.3 Å². The van der Waals surface area contributed by atoms with E-state index >= 15 is 4.39 Å². The number of nitrogens with one attached hydrogen (secondary N) is 1. The molecule has 2 aromatic carbocycles. The molecule has 1 aromatic heterocycles. The largest absolute Gasteiger partial charge is 0.444 e. The smallest absolute Gasteiger partial charge is 0.407 e. The van der Waals surface area contributed by atoms with Crippen LogP contribution in [0, 0.1) is 29.9 Å². The first-order valence-corrected chi connectivity index (χ1v) is 14.2. The van der Waals surface area contributed by atoms with Crippen LogP contribution < -0.4 is 5.32 Å². The van der Waals surface area contributed by atoms with Gasteiger partial charge in [0, 0.05) is 34.1 Å². The van der Waals surface area contributed by atoms with Crippen LogP contribution in [-0.2, 0) is 4.74 Å². The fraction of sp³-hybridized carbons (Fsp3) is 0.387. The first-order chi connectivity index (χ1) is 18.9. The highest BCUT2D eigenvalue weighted by Gasteiger charge is 2.44. The third-order valence-corrected chi connectivity index (χ3v) is 8.56. The molecular formula is C31H31F2N3O3S. The Morgan fingerprint density at radius 2 is 1.73 bits per heavy atom. The minimum absolute atomic E-state index is 0.0383. The van der Waals surface area contributed by atoms with Gasteiger partial charge in [-0.1, -0.05) is 18.2 Å². The Morgan fingerprint density at radius 1 is 1.02 bits per heavy atom. The van der Waals surface area contributed by atoms with Crippen LogP contribution >= 0.6 is 11.3 Å². The second kappa shape index (κ2) is 10.7. The number of amides is 2. The second-order valence-electron chi connectivity index (χ2n) is 11.6. The number of thiophene rings is 1. The zero-order chi connectivity index (χ0) is 28.8. The number of rotatable bonds is 4. The Balaban J connectivity index is 1.45. The van der Waals surface area contributed by atoms with E-state index < -0.39 is 23.3 Å². The number of nitriles is 1. The average molecular weight is 564 g/mol. The molecule has 0 aliphatic carbocycles. The fourth-order valence-electron chi connectivity index (χ4n) is 5.72. The highest BCUT2D eigenvalue weighted by atomic mass is 32.1. The van der Waals surface area contributed by atoms with Crippen LogP contribution in [0.1, 0.15) is 67.3 Å². The zero-order valence-corrected chi connectivity index (χ0v) is 23.7. The van der Waals surface area contributed by atoms with Gasteiger partial charge in [0.2, 0.25) is 0 Å². The van der Waals surface area contributed by atoms with Crippen molar-refractivity contribution in [2.24, 2.45) is 0 Å². The normalized spacial score (nSPS) is 20.2. The van der Waals surface area contributed by atoms with Gasteiger partial charge in [-0.05, 0) is 88.8 Å².